The molecule has 2 aromatic rings. The van der Waals surface area contributed by atoms with Gasteiger partial charge in [0.1, 0.15) is 5.69 Å². The lowest BCUT2D eigenvalue weighted by atomic mass is 10.1. The van der Waals surface area contributed by atoms with Gasteiger partial charge in [0.2, 0.25) is 5.91 Å². The van der Waals surface area contributed by atoms with Crippen LogP contribution in [0.15, 0.2) is 28.8 Å². The van der Waals surface area contributed by atoms with E-state index in [9.17, 15) is 4.79 Å². The van der Waals surface area contributed by atoms with Gasteiger partial charge in [-0.2, -0.15) is 0 Å². The van der Waals surface area contributed by atoms with E-state index in [4.69, 9.17) is 9.26 Å². The van der Waals surface area contributed by atoms with Crippen molar-refractivity contribution in [2.75, 3.05) is 33.4 Å². The molecule has 0 aliphatic heterocycles. The maximum atomic E-state index is 11.8. The number of amides is 1. The summed E-state index contributed by atoms with van der Waals surface area (Å²) in [7, 11) is 1.66. The molecular weight excluding hydrogens is 294 g/mol. The molecule has 1 heterocycles. The Morgan fingerprint density at radius 1 is 1.29 bits per heavy atom. The van der Waals surface area contributed by atoms with Crippen LogP contribution in [-0.4, -0.2) is 44.4 Å². The topological polar surface area (TPSA) is 76.4 Å². The van der Waals surface area contributed by atoms with Gasteiger partial charge in [0.15, 0.2) is 5.58 Å². The lowest BCUT2D eigenvalue weighted by Crippen LogP contribution is -2.33. The van der Waals surface area contributed by atoms with Crippen molar-refractivity contribution >= 4 is 29.3 Å². The van der Waals surface area contributed by atoms with Gasteiger partial charge in [-0.25, -0.2) is 0 Å². The molecule has 0 radical (unpaired) electrons. The number of carbonyl (C=O) groups excluding carboxylic acids is 1. The van der Waals surface area contributed by atoms with Gasteiger partial charge in [-0.3, -0.25) is 4.79 Å². The zero-order chi connectivity index (χ0) is 14.2. The van der Waals surface area contributed by atoms with Crippen LogP contribution in [0, 0.1) is 0 Å². The molecule has 0 fully saturated rings. The fourth-order valence-corrected chi connectivity index (χ4v) is 1.87. The molecule has 1 aromatic carbocycles. The number of hydrogen-bond acceptors (Lipinski definition) is 5. The van der Waals surface area contributed by atoms with Crippen LogP contribution >= 0.6 is 12.4 Å². The van der Waals surface area contributed by atoms with E-state index in [1.54, 1.807) is 7.11 Å². The number of halogens is 1. The van der Waals surface area contributed by atoms with E-state index < -0.39 is 0 Å². The third-order valence-electron chi connectivity index (χ3n) is 2.89. The maximum Gasteiger partial charge on any atom is 0.226 e. The minimum atomic E-state index is -0.0578. The number of rotatable bonds is 8. The minimum Gasteiger partial charge on any atom is -0.383 e. The molecular formula is C14H20ClN3O3. The summed E-state index contributed by atoms with van der Waals surface area (Å²) < 4.78 is 10.1. The van der Waals surface area contributed by atoms with Crippen LogP contribution in [0.5, 0.6) is 0 Å². The molecule has 21 heavy (non-hydrogen) atoms. The Labute approximate surface area is 129 Å². The molecule has 1 amide bonds. The second kappa shape index (κ2) is 9.33. The van der Waals surface area contributed by atoms with Crippen molar-refractivity contribution in [2.45, 2.75) is 6.42 Å². The smallest absolute Gasteiger partial charge is 0.226 e. The van der Waals surface area contributed by atoms with Gasteiger partial charge < -0.3 is 19.9 Å². The second-order valence-corrected chi connectivity index (χ2v) is 4.39. The Kier molecular flexibility index (Phi) is 7.74. The second-order valence-electron chi connectivity index (χ2n) is 4.39. The van der Waals surface area contributed by atoms with E-state index in [0.29, 0.717) is 31.0 Å². The van der Waals surface area contributed by atoms with Gasteiger partial charge in [0.05, 0.1) is 13.0 Å². The Balaban J connectivity index is 0.00000220. The zero-order valence-corrected chi connectivity index (χ0v) is 12.7. The first-order valence-electron chi connectivity index (χ1n) is 6.61. The summed E-state index contributed by atoms with van der Waals surface area (Å²) in [6, 6.07) is 7.52. The van der Waals surface area contributed by atoms with Crippen LogP contribution in [0.4, 0.5) is 0 Å². The fraction of sp³-hybridized carbons (Fsp3) is 0.429. The van der Waals surface area contributed by atoms with Gasteiger partial charge in [0.25, 0.3) is 0 Å². The van der Waals surface area contributed by atoms with E-state index in [-0.39, 0.29) is 24.7 Å². The SMILES string of the molecule is COCCNCCNC(=O)Cc1noc2ccccc12.Cl. The van der Waals surface area contributed by atoms with Crippen molar-refractivity contribution < 1.29 is 14.1 Å². The molecule has 0 aliphatic carbocycles. The van der Waals surface area contributed by atoms with Gasteiger partial charge >= 0.3 is 0 Å². The highest BCUT2D eigenvalue weighted by Crippen LogP contribution is 2.17. The number of aromatic nitrogens is 1. The summed E-state index contributed by atoms with van der Waals surface area (Å²) >= 11 is 0. The summed E-state index contributed by atoms with van der Waals surface area (Å²) in [4.78, 5) is 11.8. The van der Waals surface area contributed by atoms with Gasteiger partial charge in [-0.15, -0.1) is 12.4 Å². The van der Waals surface area contributed by atoms with Crippen molar-refractivity contribution in [2.24, 2.45) is 0 Å². The third kappa shape index (κ3) is 5.34. The third-order valence-corrected chi connectivity index (χ3v) is 2.89. The highest BCUT2D eigenvalue weighted by atomic mass is 35.5. The van der Waals surface area contributed by atoms with Gasteiger partial charge in [0, 0.05) is 32.1 Å². The number of methoxy groups -OCH3 is 1. The van der Waals surface area contributed by atoms with Crippen molar-refractivity contribution in [1.29, 1.82) is 0 Å². The van der Waals surface area contributed by atoms with Crippen molar-refractivity contribution in [1.82, 2.24) is 15.8 Å². The monoisotopic (exact) mass is 313 g/mol. The molecule has 2 N–H and O–H groups in total. The van der Waals surface area contributed by atoms with Crippen LogP contribution < -0.4 is 10.6 Å². The van der Waals surface area contributed by atoms with E-state index in [0.717, 1.165) is 11.9 Å². The first kappa shape index (κ1) is 17.4. The summed E-state index contributed by atoms with van der Waals surface area (Å²) in [5, 5.41) is 10.8. The quantitative estimate of drug-likeness (QED) is 0.715. The van der Waals surface area contributed by atoms with Crippen LogP contribution in [-0.2, 0) is 16.0 Å². The minimum absolute atomic E-state index is 0. The number of nitrogens with zero attached hydrogens (tertiary/aromatic N) is 1. The predicted molar refractivity (Wildman–Crippen MR) is 82.7 cm³/mol. The maximum absolute atomic E-state index is 11.8. The van der Waals surface area contributed by atoms with Crippen LogP contribution in [0.3, 0.4) is 0 Å². The molecule has 1 aromatic heterocycles. The van der Waals surface area contributed by atoms with Gasteiger partial charge in [-0.1, -0.05) is 17.3 Å². The molecule has 0 atom stereocenters. The number of ether oxygens (including phenoxy) is 1. The molecule has 116 valence electrons. The zero-order valence-electron chi connectivity index (χ0n) is 11.9. The van der Waals surface area contributed by atoms with E-state index in [2.05, 4.69) is 15.8 Å². The van der Waals surface area contributed by atoms with Crippen LogP contribution in [0.25, 0.3) is 11.0 Å². The average molecular weight is 314 g/mol. The largest absolute Gasteiger partial charge is 0.383 e. The normalized spacial score (nSPS) is 10.3. The standard InChI is InChI=1S/C14H19N3O3.ClH/c1-19-9-8-15-6-7-16-14(18)10-12-11-4-2-3-5-13(11)20-17-12;/h2-5,15H,6-10H2,1H3,(H,16,18);1H. The fourth-order valence-electron chi connectivity index (χ4n) is 1.87. The molecule has 0 aliphatic rings. The van der Waals surface area contributed by atoms with Crippen LogP contribution in [0.1, 0.15) is 5.69 Å². The highest BCUT2D eigenvalue weighted by Gasteiger charge is 2.11. The first-order valence-corrected chi connectivity index (χ1v) is 6.61. The Bertz CT molecular complexity index is 559. The molecule has 0 unspecified atom stereocenters. The summed E-state index contributed by atoms with van der Waals surface area (Å²) in [6.07, 6.45) is 0.231. The van der Waals surface area contributed by atoms with Crippen molar-refractivity contribution in [3.63, 3.8) is 0 Å². The average Bonchev–Trinajstić information content (AvgIpc) is 2.86. The Hall–Kier alpha value is -1.63. The number of para-hydroxylation sites is 1. The van der Waals surface area contributed by atoms with Gasteiger partial charge in [-0.05, 0) is 12.1 Å². The van der Waals surface area contributed by atoms with Crippen molar-refractivity contribution in [3.05, 3.63) is 30.0 Å². The number of benzene rings is 1. The van der Waals surface area contributed by atoms with Crippen LogP contribution in [0.2, 0.25) is 0 Å². The molecule has 7 heteroatoms. The van der Waals surface area contributed by atoms with E-state index in [1.807, 2.05) is 24.3 Å². The summed E-state index contributed by atoms with van der Waals surface area (Å²) in [6.45, 7) is 2.74. The first-order chi connectivity index (χ1) is 9.81. The Morgan fingerprint density at radius 3 is 2.90 bits per heavy atom. The summed E-state index contributed by atoms with van der Waals surface area (Å²) in [5.41, 5.74) is 1.38. The van der Waals surface area contributed by atoms with E-state index >= 15 is 0 Å². The Morgan fingerprint density at radius 2 is 2.10 bits per heavy atom. The predicted octanol–water partition coefficient (Wildman–Crippen LogP) is 1.14. The molecule has 0 bridgehead atoms. The lowest BCUT2D eigenvalue weighted by molar-refractivity contribution is -0.120. The molecule has 0 saturated heterocycles. The van der Waals surface area contributed by atoms with Crippen molar-refractivity contribution in [3.8, 4) is 0 Å². The molecule has 2 rings (SSSR count). The number of hydrogen-bond donors (Lipinski definition) is 2. The summed E-state index contributed by atoms with van der Waals surface area (Å²) in [5.74, 6) is -0.0578. The number of carbonyl (C=O) groups is 1. The van der Waals surface area contributed by atoms with E-state index in [1.165, 1.54) is 0 Å². The lowest BCUT2D eigenvalue weighted by Gasteiger charge is -2.05. The molecule has 0 spiro atoms. The molecule has 0 saturated carbocycles. The highest BCUT2D eigenvalue weighted by molar-refractivity contribution is 5.86. The molecule has 6 nitrogen and oxygen atoms in total. The number of nitrogens with one attached hydrogen (secondary N) is 2. The number of fused-ring (bicyclic) bond motifs is 1.